The summed E-state index contributed by atoms with van der Waals surface area (Å²) in [7, 11) is -2.47. The van der Waals surface area contributed by atoms with Crippen molar-refractivity contribution in [2.45, 2.75) is 33.2 Å². The van der Waals surface area contributed by atoms with Gasteiger partial charge < -0.3 is 10.1 Å². The molecule has 0 bridgehead atoms. The molecule has 2 rings (SSSR count). The summed E-state index contributed by atoms with van der Waals surface area (Å²) >= 11 is 0. The predicted molar refractivity (Wildman–Crippen MR) is 116 cm³/mol. The fraction of sp³-hybridized carbons (Fsp3) is 0.350. The Morgan fingerprint density at radius 2 is 1.90 bits per heavy atom. The lowest BCUT2D eigenvalue weighted by Crippen LogP contribution is -2.47. The van der Waals surface area contributed by atoms with E-state index in [1.807, 2.05) is 13.0 Å². The van der Waals surface area contributed by atoms with Gasteiger partial charge in [-0.3, -0.25) is 19.2 Å². The number of nitrogens with zero attached hydrogens (tertiary/aromatic N) is 2. The fourth-order valence-electron chi connectivity index (χ4n) is 3.12. The second kappa shape index (κ2) is 9.12. The van der Waals surface area contributed by atoms with Gasteiger partial charge in [-0.2, -0.15) is 0 Å². The SMILES string of the molecule is CC[C@@H](C(=O)Nc1cc(C)ccc1OC)N(c1cc([N+](=O)[O-])ccc1C)S(C)(=O)=O. The van der Waals surface area contributed by atoms with E-state index in [2.05, 4.69) is 5.32 Å². The number of aryl methyl sites for hydroxylation is 2. The smallest absolute Gasteiger partial charge is 0.271 e. The Labute approximate surface area is 175 Å². The molecular formula is C20H25N3O6S. The van der Waals surface area contributed by atoms with Gasteiger partial charge in [-0.05, 0) is 43.5 Å². The molecule has 0 aliphatic rings. The molecule has 0 aliphatic heterocycles. The maximum atomic E-state index is 13.1. The predicted octanol–water partition coefficient (Wildman–Crippen LogP) is 3.40. The van der Waals surface area contributed by atoms with Gasteiger partial charge in [0.25, 0.3) is 5.69 Å². The first kappa shape index (κ1) is 23.1. The van der Waals surface area contributed by atoms with Crippen molar-refractivity contribution in [2.75, 3.05) is 23.0 Å². The first-order valence-electron chi connectivity index (χ1n) is 9.19. The number of hydrogen-bond acceptors (Lipinski definition) is 6. The summed E-state index contributed by atoms with van der Waals surface area (Å²) < 4.78 is 31.5. The van der Waals surface area contributed by atoms with Gasteiger partial charge in [-0.1, -0.05) is 19.1 Å². The van der Waals surface area contributed by atoms with E-state index in [-0.39, 0.29) is 17.8 Å². The highest BCUT2D eigenvalue weighted by Crippen LogP contribution is 2.31. The number of hydrogen-bond donors (Lipinski definition) is 1. The largest absolute Gasteiger partial charge is 0.495 e. The van der Waals surface area contributed by atoms with E-state index in [0.717, 1.165) is 16.1 Å². The van der Waals surface area contributed by atoms with Gasteiger partial charge in [0.15, 0.2) is 0 Å². The van der Waals surface area contributed by atoms with Crippen LogP contribution in [-0.4, -0.2) is 38.7 Å². The molecule has 0 radical (unpaired) electrons. The third-order valence-corrected chi connectivity index (χ3v) is 5.75. The molecule has 0 aromatic heterocycles. The van der Waals surface area contributed by atoms with E-state index in [9.17, 15) is 23.3 Å². The minimum absolute atomic E-state index is 0.0879. The number of ether oxygens (including phenoxy) is 1. The van der Waals surface area contributed by atoms with Crippen LogP contribution in [-0.2, 0) is 14.8 Å². The zero-order valence-electron chi connectivity index (χ0n) is 17.5. The molecular weight excluding hydrogens is 410 g/mol. The summed E-state index contributed by atoms with van der Waals surface area (Å²) in [6.07, 6.45) is 1.11. The van der Waals surface area contributed by atoms with Gasteiger partial charge in [0.2, 0.25) is 15.9 Å². The molecule has 30 heavy (non-hydrogen) atoms. The van der Waals surface area contributed by atoms with Crippen molar-refractivity contribution in [1.29, 1.82) is 0 Å². The highest BCUT2D eigenvalue weighted by atomic mass is 32.2. The number of methoxy groups -OCH3 is 1. The molecule has 0 spiro atoms. The molecule has 0 saturated heterocycles. The van der Waals surface area contributed by atoms with Gasteiger partial charge in [0.05, 0.1) is 29.7 Å². The van der Waals surface area contributed by atoms with Crippen molar-refractivity contribution in [2.24, 2.45) is 0 Å². The molecule has 1 atom stereocenters. The van der Waals surface area contributed by atoms with E-state index in [4.69, 9.17) is 4.74 Å². The van der Waals surface area contributed by atoms with Gasteiger partial charge in [0.1, 0.15) is 11.8 Å². The number of benzene rings is 2. The number of amides is 1. The second-order valence-corrected chi connectivity index (χ2v) is 8.76. The lowest BCUT2D eigenvalue weighted by Gasteiger charge is -2.31. The zero-order valence-corrected chi connectivity index (χ0v) is 18.3. The summed E-state index contributed by atoms with van der Waals surface area (Å²) in [5, 5.41) is 13.9. The summed E-state index contributed by atoms with van der Waals surface area (Å²) in [4.78, 5) is 23.7. The molecule has 162 valence electrons. The van der Waals surface area contributed by atoms with Gasteiger partial charge in [-0.25, -0.2) is 8.42 Å². The molecule has 0 fully saturated rings. The molecule has 0 aliphatic carbocycles. The normalized spacial score (nSPS) is 12.2. The number of rotatable bonds is 8. The van der Waals surface area contributed by atoms with Crippen LogP contribution >= 0.6 is 0 Å². The van der Waals surface area contributed by atoms with Crippen LogP contribution in [0.1, 0.15) is 24.5 Å². The summed E-state index contributed by atoms with van der Waals surface area (Å²) in [5.41, 5.74) is 1.61. The van der Waals surface area contributed by atoms with Gasteiger partial charge in [-0.15, -0.1) is 0 Å². The quantitative estimate of drug-likeness (QED) is 0.501. The van der Waals surface area contributed by atoms with Crippen molar-refractivity contribution in [3.05, 3.63) is 57.6 Å². The molecule has 0 heterocycles. The third kappa shape index (κ3) is 5.07. The number of sulfonamides is 1. The fourth-order valence-corrected chi connectivity index (χ4v) is 4.38. The molecule has 1 N–H and O–H groups in total. The maximum Gasteiger partial charge on any atom is 0.271 e. The van der Waals surface area contributed by atoms with Crippen molar-refractivity contribution in [3.8, 4) is 5.75 Å². The van der Waals surface area contributed by atoms with E-state index < -0.39 is 26.9 Å². The summed E-state index contributed by atoms with van der Waals surface area (Å²) in [5.74, 6) is -0.140. The van der Waals surface area contributed by atoms with Crippen molar-refractivity contribution in [1.82, 2.24) is 0 Å². The number of carbonyl (C=O) groups excluding carboxylic acids is 1. The monoisotopic (exact) mass is 435 g/mol. The molecule has 10 heteroatoms. The topological polar surface area (TPSA) is 119 Å². The minimum atomic E-state index is -3.94. The number of nitro groups is 1. The van der Waals surface area contributed by atoms with Crippen LogP contribution in [0.15, 0.2) is 36.4 Å². The van der Waals surface area contributed by atoms with Gasteiger partial charge in [0, 0.05) is 12.1 Å². The van der Waals surface area contributed by atoms with Crippen LogP contribution in [0, 0.1) is 24.0 Å². The Balaban J connectivity index is 2.54. The molecule has 1 amide bonds. The zero-order chi connectivity index (χ0) is 22.6. The van der Waals surface area contributed by atoms with Crippen molar-refractivity contribution in [3.63, 3.8) is 0 Å². The first-order chi connectivity index (χ1) is 14.0. The Morgan fingerprint density at radius 3 is 2.43 bits per heavy atom. The lowest BCUT2D eigenvalue weighted by atomic mass is 10.1. The standard InChI is InChI=1S/C20H25N3O6S/c1-6-17(20(24)21-16-11-13(2)7-10-19(16)29-4)22(30(5,27)28)18-12-15(23(25)26)9-8-14(18)3/h7-12,17H,6H2,1-5H3,(H,21,24)/t17-/m0/s1. The van der Waals surface area contributed by atoms with E-state index in [0.29, 0.717) is 17.0 Å². The number of nitrogens with one attached hydrogen (secondary N) is 1. The van der Waals surface area contributed by atoms with E-state index >= 15 is 0 Å². The van der Waals surface area contributed by atoms with Crippen LogP contribution in [0.25, 0.3) is 0 Å². The van der Waals surface area contributed by atoms with E-state index in [1.165, 1.54) is 25.3 Å². The number of nitro benzene ring substituents is 1. The number of non-ortho nitro benzene ring substituents is 1. The molecule has 0 unspecified atom stereocenters. The molecule has 2 aromatic rings. The van der Waals surface area contributed by atoms with Crippen LogP contribution in [0.5, 0.6) is 5.75 Å². The molecule has 0 saturated carbocycles. The van der Waals surface area contributed by atoms with Crippen molar-refractivity contribution < 1.29 is 22.9 Å². The van der Waals surface area contributed by atoms with Crippen LogP contribution in [0.2, 0.25) is 0 Å². The van der Waals surface area contributed by atoms with Crippen LogP contribution < -0.4 is 14.4 Å². The number of carbonyl (C=O) groups is 1. The average Bonchev–Trinajstić information content (AvgIpc) is 2.65. The Bertz CT molecular complexity index is 1070. The summed E-state index contributed by atoms with van der Waals surface area (Å²) in [6, 6.07) is 8.03. The second-order valence-electron chi connectivity index (χ2n) is 6.90. The third-order valence-electron chi connectivity index (χ3n) is 4.58. The van der Waals surface area contributed by atoms with Crippen LogP contribution in [0.4, 0.5) is 17.1 Å². The average molecular weight is 436 g/mol. The van der Waals surface area contributed by atoms with E-state index in [1.54, 1.807) is 26.0 Å². The Morgan fingerprint density at radius 1 is 1.23 bits per heavy atom. The minimum Gasteiger partial charge on any atom is -0.495 e. The Hall–Kier alpha value is -3.14. The lowest BCUT2D eigenvalue weighted by molar-refractivity contribution is -0.384. The first-order valence-corrected chi connectivity index (χ1v) is 11.0. The molecule has 2 aromatic carbocycles. The molecule has 9 nitrogen and oxygen atoms in total. The van der Waals surface area contributed by atoms with Crippen LogP contribution in [0.3, 0.4) is 0 Å². The number of anilines is 2. The maximum absolute atomic E-state index is 13.1. The van der Waals surface area contributed by atoms with Crippen molar-refractivity contribution >= 4 is 33.0 Å². The van der Waals surface area contributed by atoms with Gasteiger partial charge >= 0.3 is 0 Å². The highest BCUT2D eigenvalue weighted by molar-refractivity contribution is 7.92. The summed E-state index contributed by atoms with van der Waals surface area (Å²) in [6.45, 7) is 5.15. The highest BCUT2D eigenvalue weighted by Gasteiger charge is 2.33. The Kier molecular flexibility index (Phi) is 7.04.